The number of ether oxygens (including phenoxy) is 1. The summed E-state index contributed by atoms with van der Waals surface area (Å²) in [5, 5.41) is 0. The lowest BCUT2D eigenvalue weighted by atomic mass is 10.2. The van der Waals surface area contributed by atoms with Crippen molar-refractivity contribution < 1.29 is 22.3 Å². The third-order valence-electron chi connectivity index (χ3n) is 2.23. The molecule has 0 amide bonds. The topological polar surface area (TPSA) is 9.23 Å². The van der Waals surface area contributed by atoms with Crippen molar-refractivity contribution >= 4 is 0 Å². The third kappa shape index (κ3) is 2.80. The average Bonchev–Trinajstić information content (AvgIpc) is 2.32. The van der Waals surface area contributed by atoms with Crippen LogP contribution in [-0.4, -0.2) is 0 Å². The van der Waals surface area contributed by atoms with Crippen LogP contribution in [0.4, 0.5) is 17.6 Å². The first-order chi connectivity index (χ1) is 8.47. The quantitative estimate of drug-likeness (QED) is 0.711. The van der Waals surface area contributed by atoms with Crippen LogP contribution in [0.25, 0.3) is 0 Å². The van der Waals surface area contributed by atoms with Crippen molar-refractivity contribution in [2.75, 3.05) is 0 Å². The Bertz CT molecular complexity index is 534. The first-order valence-electron chi connectivity index (χ1n) is 5.06. The Morgan fingerprint density at radius 1 is 0.889 bits per heavy atom. The molecule has 0 atom stereocenters. The lowest BCUT2D eigenvalue weighted by Gasteiger charge is -2.10. The molecule has 2 aromatic carbocycles. The molecule has 2 rings (SSSR count). The molecule has 0 aliphatic heterocycles. The Kier molecular flexibility index (Phi) is 3.23. The Balaban J connectivity index is 2.26. The summed E-state index contributed by atoms with van der Waals surface area (Å²) in [5.74, 6) is -0.931. The van der Waals surface area contributed by atoms with E-state index in [0.29, 0.717) is 11.8 Å². The Morgan fingerprint density at radius 3 is 2.11 bits per heavy atom. The lowest BCUT2D eigenvalue weighted by molar-refractivity contribution is -0.137. The van der Waals surface area contributed by atoms with Crippen molar-refractivity contribution in [1.82, 2.24) is 0 Å². The van der Waals surface area contributed by atoms with E-state index >= 15 is 0 Å². The zero-order valence-electron chi connectivity index (χ0n) is 9.04. The molecule has 0 saturated carbocycles. The van der Waals surface area contributed by atoms with Gasteiger partial charge in [-0.05, 0) is 30.3 Å². The fourth-order valence-electron chi connectivity index (χ4n) is 1.38. The highest BCUT2D eigenvalue weighted by Crippen LogP contribution is 2.33. The number of hydrogen-bond acceptors (Lipinski definition) is 1. The maximum atomic E-state index is 13.4. The average molecular weight is 256 g/mol. The predicted molar refractivity (Wildman–Crippen MR) is 57.9 cm³/mol. The van der Waals surface area contributed by atoms with Gasteiger partial charge in [0, 0.05) is 0 Å². The first-order valence-corrected chi connectivity index (χ1v) is 5.06. The number of para-hydroxylation sites is 1. The zero-order valence-corrected chi connectivity index (χ0v) is 9.04. The highest BCUT2D eigenvalue weighted by molar-refractivity contribution is 5.35. The fraction of sp³-hybridized carbons (Fsp3) is 0.0769. The van der Waals surface area contributed by atoms with Gasteiger partial charge >= 0.3 is 6.18 Å². The van der Waals surface area contributed by atoms with Gasteiger partial charge in [0.2, 0.25) is 0 Å². The maximum absolute atomic E-state index is 13.4. The smallest absolute Gasteiger partial charge is 0.416 e. The van der Waals surface area contributed by atoms with Gasteiger partial charge in [-0.2, -0.15) is 13.2 Å². The molecule has 0 heterocycles. The first kappa shape index (κ1) is 12.4. The van der Waals surface area contributed by atoms with Crippen LogP contribution in [0.3, 0.4) is 0 Å². The minimum absolute atomic E-state index is 0.241. The molecule has 0 N–H and O–H groups in total. The molecule has 0 radical (unpaired) electrons. The molecule has 1 nitrogen and oxygen atoms in total. The summed E-state index contributed by atoms with van der Waals surface area (Å²) in [5.41, 5.74) is -1.04. The van der Waals surface area contributed by atoms with E-state index in [4.69, 9.17) is 4.74 Å². The lowest BCUT2D eigenvalue weighted by Crippen LogP contribution is -2.05. The van der Waals surface area contributed by atoms with Crippen molar-refractivity contribution in [1.29, 1.82) is 0 Å². The second kappa shape index (κ2) is 4.68. The van der Waals surface area contributed by atoms with Gasteiger partial charge in [-0.15, -0.1) is 0 Å². The van der Waals surface area contributed by atoms with E-state index in [0.717, 1.165) is 12.1 Å². The van der Waals surface area contributed by atoms with Gasteiger partial charge in [0.1, 0.15) is 5.75 Å². The van der Waals surface area contributed by atoms with E-state index in [1.54, 1.807) is 30.3 Å². The molecule has 0 bridgehead atoms. The summed E-state index contributed by atoms with van der Waals surface area (Å²) in [6, 6.07) is 10.4. The van der Waals surface area contributed by atoms with Gasteiger partial charge in [-0.25, -0.2) is 4.39 Å². The van der Waals surface area contributed by atoms with Crippen LogP contribution < -0.4 is 4.74 Å². The highest BCUT2D eigenvalue weighted by Gasteiger charge is 2.31. The number of halogens is 4. The van der Waals surface area contributed by atoms with Gasteiger partial charge in [0.25, 0.3) is 0 Å². The minimum atomic E-state index is -4.56. The fourth-order valence-corrected chi connectivity index (χ4v) is 1.38. The number of hydrogen-bond donors (Lipinski definition) is 0. The number of rotatable bonds is 2. The summed E-state index contributed by atoms with van der Waals surface area (Å²) in [6.07, 6.45) is -4.56. The van der Waals surface area contributed by atoms with Crippen LogP contribution in [0.1, 0.15) is 5.56 Å². The highest BCUT2D eigenvalue weighted by atomic mass is 19.4. The summed E-state index contributed by atoms with van der Waals surface area (Å²) >= 11 is 0. The Hall–Kier alpha value is -2.04. The maximum Gasteiger partial charge on any atom is 0.416 e. The molecule has 0 spiro atoms. The molecular formula is C13H8F4O. The second-order valence-corrected chi connectivity index (χ2v) is 3.56. The van der Waals surface area contributed by atoms with E-state index in [-0.39, 0.29) is 5.75 Å². The molecule has 0 aromatic heterocycles. The zero-order chi connectivity index (χ0) is 13.2. The van der Waals surface area contributed by atoms with Crippen LogP contribution >= 0.6 is 0 Å². The van der Waals surface area contributed by atoms with Crippen molar-refractivity contribution in [3.8, 4) is 11.5 Å². The Labute approximate surface area is 101 Å². The molecule has 0 fully saturated rings. The van der Waals surface area contributed by atoms with Crippen molar-refractivity contribution in [3.63, 3.8) is 0 Å². The van der Waals surface area contributed by atoms with Gasteiger partial charge < -0.3 is 4.74 Å². The van der Waals surface area contributed by atoms with E-state index in [2.05, 4.69) is 0 Å². The molecular weight excluding hydrogens is 248 g/mol. The predicted octanol–water partition coefficient (Wildman–Crippen LogP) is 4.64. The van der Waals surface area contributed by atoms with Crippen LogP contribution in [-0.2, 0) is 6.18 Å². The third-order valence-corrected chi connectivity index (χ3v) is 2.23. The van der Waals surface area contributed by atoms with Gasteiger partial charge in [-0.1, -0.05) is 18.2 Å². The van der Waals surface area contributed by atoms with E-state index in [1.807, 2.05) is 0 Å². The largest absolute Gasteiger partial charge is 0.454 e. The molecule has 0 unspecified atom stereocenters. The van der Waals surface area contributed by atoms with E-state index in [9.17, 15) is 17.6 Å². The number of benzene rings is 2. The van der Waals surface area contributed by atoms with Crippen LogP contribution in [0.5, 0.6) is 11.5 Å². The number of alkyl halides is 3. The van der Waals surface area contributed by atoms with Gasteiger partial charge in [-0.3, -0.25) is 0 Å². The van der Waals surface area contributed by atoms with Crippen molar-refractivity contribution in [3.05, 3.63) is 59.9 Å². The monoisotopic (exact) mass is 256 g/mol. The Morgan fingerprint density at radius 2 is 1.56 bits per heavy atom. The SMILES string of the molecule is Fc1cc(C(F)(F)F)ccc1Oc1ccccc1. The van der Waals surface area contributed by atoms with Crippen LogP contribution in [0, 0.1) is 5.82 Å². The van der Waals surface area contributed by atoms with Crippen molar-refractivity contribution in [2.24, 2.45) is 0 Å². The summed E-state index contributed by atoms with van der Waals surface area (Å²) in [6.45, 7) is 0. The molecule has 18 heavy (non-hydrogen) atoms. The summed E-state index contributed by atoms with van der Waals surface area (Å²) in [4.78, 5) is 0. The normalized spacial score (nSPS) is 11.3. The summed E-state index contributed by atoms with van der Waals surface area (Å²) in [7, 11) is 0. The van der Waals surface area contributed by atoms with Crippen LogP contribution in [0.15, 0.2) is 48.5 Å². The van der Waals surface area contributed by atoms with Gasteiger partial charge in [0.15, 0.2) is 11.6 Å². The van der Waals surface area contributed by atoms with Gasteiger partial charge in [0.05, 0.1) is 5.56 Å². The molecule has 0 aliphatic rings. The molecule has 94 valence electrons. The molecule has 5 heteroatoms. The molecule has 2 aromatic rings. The minimum Gasteiger partial charge on any atom is -0.454 e. The molecule has 0 saturated heterocycles. The second-order valence-electron chi connectivity index (χ2n) is 3.56. The summed E-state index contributed by atoms with van der Waals surface area (Å²) < 4.78 is 55.5. The standard InChI is InChI=1S/C13H8F4O/c14-11-8-9(13(15,16)17)6-7-12(11)18-10-4-2-1-3-5-10/h1-8H. The molecule has 0 aliphatic carbocycles. The van der Waals surface area contributed by atoms with Crippen molar-refractivity contribution in [2.45, 2.75) is 6.18 Å². The van der Waals surface area contributed by atoms with Crippen LogP contribution in [0.2, 0.25) is 0 Å². The van der Waals surface area contributed by atoms with E-state index in [1.165, 1.54) is 0 Å². The van der Waals surface area contributed by atoms with E-state index < -0.39 is 17.6 Å².